The van der Waals surface area contributed by atoms with E-state index in [1.165, 1.54) is 18.2 Å². The summed E-state index contributed by atoms with van der Waals surface area (Å²) < 4.78 is 4.41. The molecule has 0 atom stereocenters. The van der Waals surface area contributed by atoms with Gasteiger partial charge in [0.05, 0.1) is 13.7 Å². The van der Waals surface area contributed by atoms with Crippen LogP contribution in [0.5, 0.6) is 0 Å². The second kappa shape index (κ2) is 5.73. The summed E-state index contributed by atoms with van der Waals surface area (Å²) in [6.45, 7) is 3.05. The van der Waals surface area contributed by atoms with E-state index in [2.05, 4.69) is 23.0 Å². The largest absolute Gasteiger partial charge is 0.453 e. The minimum absolute atomic E-state index is 0.172. The lowest BCUT2D eigenvalue weighted by molar-refractivity contribution is -0.119. The minimum atomic E-state index is -0.717. The second-order valence-electron chi connectivity index (χ2n) is 4.70. The molecule has 1 aliphatic heterocycles. The molecule has 2 rings (SSSR count). The topological polar surface area (TPSA) is 58.6 Å². The van der Waals surface area contributed by atoms with E-state index in [0.29, 0.717) is 0 Å². The van der Waals surface area contributed by atoms with Crippen molar-refractivity contribution in [3.05, 3.63) is 29.3 Å². The first-order chi connectivity index (χ1) is 9.10. The Morgan fingerprint density at radius 3 is 2.95 bits per heavy atom. The summed E-state index contributed by atoms with van der Waals surface area (Å²) in [5.41, 5.74) is 3.56. The normalized spacial score (nSPS) is 13.7. The number of alkyl carbamates (subject to hydrolysis) is 1. The first-order valence-corrected chi connectivity index (χ1v) is 6.32. The van der Waals surface area contributed by atoms with E-state index in [9.17, 15) is 9.59 Å². The number of nitrogens with one attached hydrogen (secondary N) is 1. The summed E-state index contributed by atoms with van der Waals surface area (Å²) in [5.74, 6) is -0.347. The number of carbonyl (C=O) groups excluding carboxylic acids is 2. The number of hydrogen-bond donors (Lipinski definition) is 1. The van der Waals surface area contributed by atoms with Crippen molar-refractivity contribution >= 4 is 17.7 Å². The van der Waals surface area contributed by atoms with Crippen LogP contribution in [0.2, 0.25) is 0 Å². The number of methoxy groups -OCH3 is 1. The molecule has 0 fully saturated rings. The van der Waals surface area contributed by atoms with Crippen LogP contribution in [0.1, 0.15) is 17.5 Å². The van der Waals surface area contributed by atoms with E-state index in [1.54, 1.807) is 0 Å². The van der Waals surface area contributed by atoms with E-state index in [1.807, 2.05) is 17.0 Å². The van der Waals surface area contributed by atoms with Crippen LogP contribution in [0.3, 0.4) is 0 Å². The van der Waals surface area contributed by atoms with Crippen LogP contribution in [-0.4, -0.2) is 32.2 Å². The molecule has 1 heterocycles. The molecule has 0 saturated heterocycles. The predicted octanol–water partition coefficient (Wildman–Crippen LogP) is 1.63. The molecule has 0 unspecified atom stereocenters. The summed E-state index contributed by atoms with van der Waals surface area (Å²) in [6, 6.07) is 6.23. The van der Waals surface area contributed by atoms with Crippen LogP contribution in [0, 0.1) is 6.92 Å². The monoisotopic (exact) mass is 262 g/mol. The molecule has 5 heteroatoms. The van der Waals surface area contributed by atoms with Gasteiger partial charge < -0.3 is 9.64 Å². The first-order valence-electron chi connectivity index (χ1n) is 6.32. The fourth-order valence-electron chi connectivity index (χ4n) is 2.35. The maximum atomic E-state index is 11.7. The number of aryl methyl sites for hydroxylation is 2. The van der Waals surface area contributed by atoms with Gasteiger partial charge in [0.15, 0.2) is 0 Å². The van der Waals surface area contributed by atoms with Crippen LogP contribution in [0.25, 0.3) is 0 Å². The SMILES string of the molecule is COC(=O)NC(=O)CN1CCCc2cc(C)ccc21. The highest BCUT2D eigenvalue weighted by molar-refractivity contribution is 5.94. The quantitative estimate of drug-likeness (QED) is 0.880. The van der Waals surface area contributed by atoms with Crippen LogP contribution < -0.4 is 10.2 Å². The number of carbonyl (C=O) groups is 2. The fraction of sp³-hybridized carbons (Fsp3) is 0.429. The van der Waals surface area contributed by atoms with Crippen molar-refractivity contribution in [1.29, 1.82) is 0 Å². The van der Waals surface area contributed by atoms with Crippen LogP contribution in [0.4, 0.5) is 10.5 Å². The zero-order valence-corrected chi connectivity index (χ0v) is 11.2. The number of fused-ring (bicyclic) bond motifs is 1. The van der Waals surface area contributed by atoms with E-state index in [-0.39, 0.29) is 12.5 Å². The third-order valence-electron chi connectivity index (χ3n) is 3.21. The zero-order chi connectivity index (χ0) is 13.8. The number of hydrogen-bond acceptors (Lipinski definition) is 4. The minimum Gasteiger partial charge on any atom is -0.453 e. The zero-order valence-electron chi connectivity index (χ0n) is 11.2. The van der Waals surface area contributed by atoms with E-state index >= 15 is 0 Å². The van der Waals surface area contributed by atoms with E-state index < -0.39 is 6.09 Å². The fourth-order valence-corrected chi connectivity index (χ4v) is 2.35. The Bertz CT molecular complexity index is 499. The average molecular weight is 262 g/mol. The van der Waals surface area contributed by atoms with Crippen molar-refractivity contribution in [3.63, 3.8) is 0 Å². The third kappa shape index (κ3) is 3.24. The summed E-state index contributed by atoms with van der Waals surface area (Å²) in [7, 11) is 1.24. The van der Waals surface area contributed by atoms with Gasteiger partial charge in [0.25, 0.3) is 0 Å². The van der Waals surface area contributed by atoms with E-state index in [0.717, 1.165) is 25.1 Å². The molecule has 0 radical (unpaired) electrons. The Morgan fingerprint density at radius 2 is 2.21 bits per heavy atom. The lowest BCUT2D eigenvalue weighted by atomic mass is 9.99. The van der Waals surface area contributed by atoms with Gasteiger partial charge >= 0.3 is 6.09 Å². The molecule has 102 valence electrons. The van der Waals surface area contributed by atoms with E-state index in [4.69, 9.17) is 0 Å². The molecule has 1 aromatic carbocycles. The number of rotatable bonds is 2. The van der Waals surface area contributed by atoms with Gasteiger partial charge in [-0.3, -0.25) is 10.1 Å². The molecule has 2 amide bonds. The van der Waals surface area contributed by atoms with Gasteiger partial charge in [0.2, 0.25) is 5.91 Å². The van der Waals surface area contributed by atoms with Gasteiger partial charge in [0.1, 0.15) is 0 Å². The van der Waals surface area contributed by atoms with Gasteiger partial charge in [0, 0.05) is 12.2 Å². The van der Waals surface area contributed by atoms with Crippen LogP contribution >= 0.6 is 0 Å². The van der Waals surface area contributed by atoms with Gasteiger partial charge in [-0.2, -0.15) is 0 Å². The Labute approximate surface area is 112 Å². The summed E-state index contributed by atoms with van der Waals surface area (Å²) >= 11 is 0. The maximum absolute atomic E-state index is 11.7. The van der Waals surface area contributed by atoms with Gasteiger partial charge in [-0.05, 0) is 31.4 Å². The number of amides is 2. The second-order valence-corrected chi connectivity index (χ2v) is 4.70. The van der Waals surface area contributed by atoms with Crippen molar-refractivity contribution in [2.45, 2.75) is 19.8 Å². The number of benzene rings is 1. The molecule has 0 saturated carbocycles. The molecule has 19 heavy (non-hydrogen) atoms. The molecule has 1 aliphatic rings. The van der Waals surface area contributed by atoms with Crippen molar-refractivity contribution in [3.8, 4) is 0 Å². The first kappa shape index (κ1) is 13.4. The number of imide groups is 1. The summed E-state index contributed by atoms with van der Waals surface area (Å²) in [4.78, 5) is 24.7. The molecule has 0 bridgehead atoms. The number of anilines is 1. The lowest BCUT2D eigenvalue weighted by Crippen LogP contribution is -2.42. The molecular weight excluding hydrogens is 244 g/mol. The highest BCUT2D eigenvalue weighted by Gasteiger charge is 2.19. The smallest absolute Gasteiger partial charge is 0.413 e. The van der Waals surface area contributed by atoms with Gasteiger partial charge in [-0.15, -0.1) is 0 Å². The van der Waals surface area contributed by atoms with Crippen molar-refractivity contribution in [1.82, 2.24) is 5.32 Å². The third-order valence-corrected chi connectivity index (χ3v) is 3.21. The van der Waals surface area contributed by atoms with Crippen LogP contribution in [0.15, 0.2) is 18.2 Å². The van der Waals surface area contributed by atoms with Gasteiger partial charge in [-0.25, -0.2) is 4.79 Å². The highest BCUT2D eigenvalue weighted by Crippen LogP contribution is 2.27. The molecule has 0 aliphatic carbocycles. The van der Waals surface area contributed by atoms with Crippen molar-refractivity contribution < 1.29 is 14.3 Å². The highest BCUT2D eigenvalue weighted by atomic mass is 16.5. The Morgan fingerprint density at radius 1 is 1.42 bits per heavy atom. The predicted molar refractivity (Wildman–Crippen MR) is 72.3 cm³/mol. The average Bonchev–Trinajstić information content (AvgIpc) is 2.38. The Hall–Kier alpha value is -2.04. The maximum Gasteiger partial charge on any atom is 0.413 e. The molecule has 1 N–H and O–H groups in total. The molecule has 5 nitrogen and oxygen atoms in total. The Kier molecular flexibility index (Phi) is 4.04. The molecular formula is C14H18N2O3. The molecule has 1 aromatic rings. The number of ether oxygens (including phenoxy) is 1. The van der Waals surface area contributed by atoms with Crippen LogP contribution in [-0.2, 0) is 16.0 Å². The van der Waals surface area contributed by atoms with Crippen molar-refractivity contribution in [2.75, 3.05) is 25.1 Å². The standard InChI is InChI=1S/C14H18N2O3/c1-10-5-6-12-11(8-10)4-3-7-16(12)9-13(17)15-14(18)19-2/h5-6,8H,3-4,7,9H2,1-2H3,(H,15,17,18). The van der Waals surface area contributed by atoms with Gasteiger partial charge in [-0.1, -0.05) is 17.7 Å². The molecule has 0 aromatic heterocycles. The Balaban J connectivity index is 2.07. The van der Waals surface area contributed by atoms with Crippen molar-refractivity contribution in [2.24, 2.45) is 0 Å². The molecule has 0 spiro atoms. The number of nitrogens with zero attached hydrogens (tertiary/aromatic N) is 1. The summed E-state index contributed by atoms with van der Waals surface area (Å²) in [6.07, 6.45) is 1.33. The lowest BCUT2D eigenvalue weighted by Gasteiger charge is -2.30. The summed E-state index contributed by atoms with van der Waals surface area (Å²) in [5, 5.41) is 2.18.